The molecule has 0 aliphatic heterocycles. The highest BCUT2D eigenvalue weighted by atomic mass is 35.5. The summed E-state index contributed by atoms with van der Waals surface area (Å²) in [6.07, 6.45) is 0. The molecule has 0 amide bonds. The fourth-order valence-electron chi connectivity index (χ4n) is 1.18. The monoisotopic (exact) mass is 212 g/mol. The standard InChI is InChI=1S/C10H13ClN2O/c1-6-3-7(9(14)5-13-2)4-8(11)10(6)12/h3-4,13H,5,12H2,1-2H3. The Bertz CT molecular complexity index is 340. The molecule has 0 saturated carbocycles. The molecule has 0 fully saturated rings. The molecule has 0 aliphatic carbocycles. The van der Waals surface area contributed by atoms with Crippen LogP contribution < -0.4 is 11.1 Å². The number of likely N-dealkylation sites (N-methyl/N-ethyl adjacent to an activating group) is 1. The number of aryl methyl sites for hydroxylation is 1. The fraction of sp³-hybridized carbons (Fsp3) is 0.300. The number of hydrogen-bond acceptors (Lipinski definition) is 3. The van der Waals surface area contributed by atoms with Crippen molar-refractivity contribution in [3.05, 3.63) is 28.3 Å². The van der Waals surface area contributed by atoms with E-state index in [1.807, 2.05) is 6.92 Å². The van der Waals surface area contributed by atoms with Gasteiger partial charge in [0.05, 0.1) is 17.3 Å². The van der Waals surface area contributed by atoms with E-state index < -0.39 is 0 Å². The minimum absolute atomic E-state index is 0.0116. The van der Waals surface area contributed by atoms with Crippen LogP contribution >= 0.6 is 11.6 Å². The lowest BCUT2D eigenvalue weighted by atomic mass is 10.1. The first-order valence-electron chi connectivity index (χ1n) is 4.29. The zero-order chi connectivity index (χ0) is 10.7. The molecule has 0 saturated heterocycles. The zero-order valence-electron chi connectivity index (χ0n) is 8.23. The van der Waals surface area contributed by atoms with Gasteiger partial charge in [-0.15, -0.1) is 0 Å². The van der Waals surface area contributed by atoms with Crippen molar-refractivity contribution >= 4 is 23.1 Å². The average molecular weight is 213 g/mol. The lowest BCUT2D eigenvalue weighted by molar-refractivity contribution is 0.0993. The normalized spacial score (nSPS) is 10.2. The minimum Gasteiger partial charge on any atom is -0.397 e. The number of nitrogen functional groups attached to an aromatic ring is 1. The highest BCUT2D eigenvalue weighted by molar-refractivity contribution is 6.33. The van der Waals surface area contributed by atoms with E-state index in [9.17, 15) is 4.79 Å². The number of nitrogens with two attached hydrogens (primary N) is 1. The van der Waals surface area contributed by atoms with Gasteiger partial charge in [0.25, 0.3) is 0 Å². The Kier molecular flexibility index (Phi) is 3.49. The van der Waals surface area contributed by atoms with Crippen LogP contribution in [0.1, 0.15) is 15.9 Å². The predicted octanol–water partition coefficient (Wildman–Crippen LogP) is 1.63. The third-order valence-corrected chi connectivity index (χ3v) is 2.31. The number of rotatable bonds is 3. The maximum Gasteiger partial charge on any atom is 0.176 e. The molecular formula is C10H13ClN2O. The molecule has 4 heteroatoms. The van der Waals surface area contributed by atoms with E-state index in [2.05, 4.69) is 5.32 Å². The molecule has 0 unspecified atom stereocenters. The largest absolute Gasteiger partial charge is 0.397 e. The van der Waals surface area contributed by atoms with Crippen LogP contribution in [-0.2, 0) is 0 Å². The number of ketones is 1. The summed E-state index contributed by atoms with van der Waals surface area (Å²) in [4.78, 5) is 11.5. The number of anilines is 1. The van der Waals surface area contributed by atoms with Gasteiger partial charge in [0.15, 0.2) is 5.78 Å². The number of carbonyl (C=O) groups excluding carboxylic acids is 1. The number of nitrogens with one attached hydrogen (secondary N) is 1. The van der Waals surface area contributed by atoms with E-state index in [4.69, 9.17) is 17.3 Å². The molecule has 0 heterocycles. The molecule has 14 heavy (non-hydrogen) atoms. The van der Waals surface area contributed by atoms with Crippen molar-refractivity contribution in [1.29, 1.82) is 0 Å². The van der Waals surface area contributed by atoms with Gasteiger partial charge in [-0.25, -0.2) is 0 Å². The summed E-state index contributed by atoms with van der Waals surface area (Å²) in [6, 6.07) is 3.35. The van der Waals surface area contributed by atoms with Crippen molar-refractivity contribution in [1.82, 2.24) is 5.32 Å². The van der Waals surface area contributed by atoms with Crippen molar-refractivity contribution in [3.63, 3.8) is 0 Å². The molecule has 3 nitrogen and oxygen atoms in total. The van der Waals surface area contributed by atoms with Gasteiger partial charge >= 0.3 is 0 Å². The Morgan fingerprint density at radius 1 is 1.57 bits per heavy atom. The van der Waals surface area contributed by atoms with Gasteiger partial charge in [0.2, 0.25) is 0 Å². The summed E-state index contributed by atoms with van der Waals surface area (Å²) in [7, 11) is 1.73. The van der Waals surface area contributed by atoms with Gasteiger partial charge in [0.1, 0.15) is 0 Å². The Balaban J connectivity index is 3.06. The van der Waals surface area contributed by atoms with Gasteiger partial charge in [-0.3, -0.25) is 4.79 Å². The number of hydrogen-bond donors (Lipinski definition) is 2. The van der Waals surface area contributed by atoms with Gasteiger partial charge < -0.3 is 11.1 Å². The van der Waals surface area contributed by atoms with E-state index in [0.717, 1.165) is 5.56 Å². The number of halogens is 1. The van der Waals surface area contributed by atoms with Crippen molar-refractivity contribution in [2.24, 2.45) is 0 Å². The lowest BCUT2D eigenvalue weighted by Gasteiger charge is -2.06. The van der Waals surface area contributed by atoms with E-state index in [-0.39, 0.29) is 5.78 Å². The first-order valence-corrected chi connectivity index (χ1v) is 4.67. The summed E-state index contributed by atoms with van der Waals surface area (Å²) in [6.45, 7) is 2.14. The summed E-state index contributed by atoms with van der Waals surface area (Å²) in [5.41, 5.74) is 7.62. The quantitative estimate of drug-likeness (QED) is 0.592. The molecule has 0 aromatic heterocycles. The predicted molar refractivity (Wildman–Crippen MR) is 58.9 cm³/mol. The van der Waals surface area contributed by atoms with Gasteiger partial charge in [-0.1, -0.05) is 11.6 Å². The molecule has 0 radical (unpaired) electrons. The van der Waals surface area contributed by atoms with Gasteiger partial charge in [-0.2, -0.15) is 0 Å². The maximum absolute atomic E-state index is 11.5. The highest BCUT2D eigenvalue weighted by Crippen LogP contribution is 2.24. The molecular weight excluding hydrogens is 200 g/mol. The molecule has 3 N–H and O–H groups in total. The van der Waals surface area contributed by atoms with Crippen molar-refractivity contribution < 1.29 is 4.79 Å². The first kappa shape index (κ1) is 11.0. The smallest absolute Gasteiger partial charge is 0.176 e. The molecule has 0 bridgehead atoms. The van der Waals surface area contributed by atoms with E-state index in [1.54, 1.807) is 19.2 Å². The third-order valence-electron chi connectivity index (χ3n) is 2.00. The second kappa shape index (κ2) is 4.44. The van der Waals surface area contributed by atoms with Crippen LogP contribution in [0, 0.1) is 6.92 Å². The van der Waals surface area contributed by atoms with Crippen LogP contribution in [0.5, 0.6) is 0 Å². The average Bonchev–Trinajstić information content (AvgIpc) is 2.13. The molecule has 0 aliphatic rings. The maximum atomic E-state index is 11.5. The number of benzene rings is 1. The molecule has 76 valence electrons. The van der Waals surface area contributed by atoms with Crippen molar-refractivity contribution in [2.75, 3.05) is 19.3 Å². The van der Waals surface area contributed by atoms with Crippen LogP contribution in [0.4, 0.5) is 5.69 Å². The molecule has 0 spiro atoms. The summed E-state index contributed by atoms with van der Waals surface area (Å²) in [5, 5.41) is 3.23. The Morgan fingerprint density at radius 2 is 2.21 bits per heavy atom. The second-order valence-electron chi connectivity index (χ2n) is 3.14. The molecule has 1 aromatic carbocycles. The van der Waals surface area contributed by atoms with Crippen LogP contribution in [-0.4, -0.2) is 19.4 Å². The van der Waals surface area contributed by atoms with Gasteiger partial charge in [-0.05, 0) is 31.7 Å². The van der Waals surface area contributed by atoms with Crippen LogP contribution in [0.2, 0.25) is 5.02 Å². The highest BCUT2D eigenvalue weighted by Gasteiger charge is 2.08. The Hall–Kier alpha value is -1.06. The van der Waals surface area contributed by atoms with Crippen LogP contribution in [0.3, 0.4) is 0 Å². The Morgan fingerprint density at radius 3 is 2.71 bits per heavy atom. The van der Waals surface area contributed by atoms with E-state index in [1.165, 1.54) is 0 Å². The summed E-state index contributed by atoms with van der Waals surface area (Å²) in [5.74, 6) is 0.0116. The second-order valence-corrected chi connectivity index (χ2v) is 3.55. The van der Waals surface area contributed by atoms with E-state index >= 15 is 0 Å². The lowest BCUT2D eigenvalue weighted by Crippen LogP contribution is -2.18. The SMILES string of the molecule is CNCC(=O)c1cc(C)c(N)c(Cl)c1. The van der Waals surface area contributed by atoms with Crippen LogP contribution in [0.15, 0.2) is 12.1 Å². The minimum atomic E-state index is 0.0116. The Labute approximate surface area is 88.2 Å². The van der Waals surface area contributed by atoms with Gasteiger partial charge in [0, 0.05) is 5.56 Å². The van der Waals surface area contributed by atoms with E-state index in [0.29, 0.717) is 22.8 Å². The topological polar surface area (TPSA) is 55.1 Å². The summed E-state index contributed by atoms with van der Waals surface area (Å²) < 4.78 is 0. The number of carbonyl (C=O) groups is 1. The van der Waals surface area contributed by atoms with Crippen molar-refractivity contribution in [3.8, 4) is 0 Å². The fourth-order valence-corrected chi connectivity index (χ4v) is 1.45. The number of Topliss-reactive ketones (excluding diaryl/α,β-unsaturated/α-hetero) is 1. The molecule has 0 atom stereocenters. The third kappa shape index (κ3) is 2.25. The first-order chi connectivity index (χ1) is 6.56. The van der Waals surface area contributed by atoms with Crippen molar-refractivity contribution in [2.45, 2.75) is 6.92 Å². The summed E-state index contributed by atoms with van der Waals surface area (Å²) >= 11 is 5.87. The molecule has 1 aromatic rings. The zero-order valence-corrected chi connectivity index (χ0v) is 8.98. The van der Waals surface area contributed by atoms with Crippen LogP contribution in [0.25, 0.3) is 0 Å². The molecule has 1 rings (SSSR count).